The smallest absolute Gasteiger partial charge is 0.225 e. The van der Waals surface area contributed by atoms with Gasteiger partial charge in [-0.2, -0.15) is 0 Å². The van der Waals surface area contributed by atoms with Crippen molar-refractivity contribution in [3.63, 3.8) is 0 Å². The number of amides is 2. The number of methoxy groups -OCH3 is 1. The molecule has 0 spiro atoms. The molecule has 1 aromatic rings. The van der Waals surface area contributed by atoms with Crippen LogP contribution < -0.4 is 15.8 Å². The van der Waals surface area contributed by atoms with E-state index in [4.69, 9.17) is 10.5 Å². The van der Waals surface area contributed by atoms with Crippen LogP contribution in [0, 0.1) is 11.8 Å². The Labute approximate surface area is 148 Å². The van der Waals surface area contributed by atoms with Gasteiger partial charge < -0.3 is 20.7 Å². The van der Waals surface area contributed by atoms with Gasteiger partial charge in [0.1, 0.15) is 5.75 Å². The molecule has 2 unspecified atom stereocenters. The molecule has 0 bridgehead atoms. The minimum Gasteiger partial charge on any atom is -0.497 e. The summed E-state index contributed by atoms with van der Waals surface area (Å²) >= 11 is 0. The first-order chi connectivity index (χ1) is 11.9. The number of likely N-dealkylation sites (tertiary alicyclic amines) is 1. The summed E-state index contributed by atoms with van der Waals surface area (Å²) < 4.78 is 5.15. The molecule has 136 valence electrons. The van der Waals surface area contributed by atoms with Gasteiger partial charge in [0.05, 0.1) is 18.6 Å². The van der Waals surface area contributed by atoms with E-state index in [-0.39, 0.29) is 29.7 Å². The predicted molar refractivity (Wildman–Crippen MR) is 94.8 cm³/mol. The zero-order valence-electron chi connectivity index (χ0n) is 15.0. The lowest BCUT2D eigenvalue weighted by Crippen LogP contribution is -2.54. The second kappa shape index (κ2) is 7.04. The summed E-state index contributed by atoms with van der Waals surface area (Å²) in [6, 6.07) is 7.64. The second-order valence-electron chi connectivity index (χ2n) is 7.41. The van der Waals surface area contributed by atoms with E-state index < -0.39 is 0 Å². The maximum absolute atomic E-state index is 12.6. The van der Waals surface area contributed by atoms with E-state index in [1.165, 1.54) is 0 Å². The molecule has 2 fully saturated rings. The average molecular weight is 345 g/mol. The van der Waals surface area contributed by atoms with E-state index in [9.17, 15) is 9.59 Å². The summed E-state index contributed by atoms with van der Waals surface area (Å²) in [5, 5.41) is 3.11. The molecular weight excluding hydrogens is 318 g/mol. The highest BCUT2D eigenvalue weighted by atomic mass is 16.5. The number of rotatable bonds is 7. The summed E-state index contributed by atoms with van der Waals surface area (Å²) in [6.45, 7) is 3.42. The van der Waals surface area contributed by atoms with Crippen molar-refractivity contribution in [2.45, 2.75) is 38.3 Å². The van der Waals surface area contributed by atoms with Crippen LogP contribution in [0.2, 0.25) is 0 Å². The Kier molecular flexibility index (Phi) is 4.99. The van der Waals surface area contributed by atoms with Gasteiger partial charge >= 0.3 is 0 Å². The number of nitrogens with one attached hydrogen (secondary N) is 1. The fraction of sp³-hybridized carbons (Fsp3) is 0.579. The van der Waals surface area contributed by atoms with Crippen LogP contribution in [0.25, 0.3) is 0 Å². The van der Waals surface area contributed by atoms with Crippen LogP contribution in [0.3, 0.4) is 0 Å². The van der Waals surface area contributed by atoms with E-state index in [0.717, 1.165) is 24.2 Å². The zero-order chi connectivity index (χ0) is 18.0. The molecule has 25 heavy (non-hydrogen) atoms. The molecule has 0 aromatic heterocycles. The zero-order valence-corrected chi connectivity index (χ0v) is 15.0. The first-order valence-electron chi connectivity index (χ1n) is 8.88. The third-order valence-electron chi connectivity index (χ3n) is 5.43. The summed E-state index contributed by atoms with van der Waals surface area (Å²) in [5.41, 5.74) is 6.56. The topological polar surface area (TPSA) is 84.7 Å². The molecule has 6 nitrogen and oxygen atoms in total. The van der Waals surface area contributed by atoms with Gasteiger partial charge in [0.15, 0.2) is 0 Å². The van der Waals surface area contributed by atoms with Crippen LogP contribution in [0.4, 0.5) is 0 Å². The summed E-state index contributed by atoms with van der Waals surface area (Å²) in [7, 11) is 1.62. The van der Waals surface area contributed by atoms with Crippen LogP contribution in [-0.4, -0.2) is 42.5 Å². The SMILES string of the molecule is COc1ccc(CN2CC(C(=O)NC(C)(CN)C3CC3)CC2=O)cc1. The third kappa shape index (κ3) is 3.95. The number of hydrogen-bond acceptors (Lipinski definition) is 4. The molecule has 2 aliphatic rings. The number of benzene rings is 1. The van der Waals surface area contributed by atoms with Crippen molar-refractivity contribution in [1.82, 2.24) is 10.2 Å². The second-order valence-corrected chi connectivity index (χ2v) is 7.41. The van der Waals surface area contributed by atoms with Gasteiger partial charge in [-0.3, -0.25) is 9.59 Å². The van der Waals surface area contributed by atoms with Gasteiger partial charge in [0.2, 0.25) is 11.8 Å². The molecule has 2 atom stereocenters. The van der Waals surface area contributed by atoms with Gasteiger partial charge in [-0.1, -0.05) is 12.1 Å². The fourth-order valence-electron chi connectivity index (χ4n) is 3.48. The minimum atomic E-state index is -0.344. The number of carbonyl (C=O) groups is 2. The minimum absolute atomic E-state index is 0.0249. The molecule has 3 N–H and O–H groups in total. The molecule has 1 aliphatic heterocycles. The summed E-state index contributed by atoms with van der Waals surface area (Å²) in [4.78, 5) is 26.7. The first kappa shape index (κ1) is 17.7. The molecular formula is C19H27N3O3. The Morgan fingerprint density at radius 1 is 1.36 bits per heavy atom. The molecule has 2 amide bonds. The normalized spacial score (nSPS) is 22.6. The van der Waals surface area contributed by atoms with Gasteiger partial charge in [-0.15, -0.1) is 0 Å². The Morgan fingerprint density at radius 2 is 2.04 bits per heavy atom. The van der Waals surface area contributed by atoms with E-state index in [1.54, 1.807) is 12.0 Å². The van der Waals surface area contributed by atoms with Crippen LogP contribution >= 0.6 is 0 Å². The van der Waals surface area contributed by atoms with Crippen molar-refractivity contribution in [3.05, 3.63) is 29.8 Å². The number of carbonyl (C=O) groups excluding carboxylic acids is 2. The van der Waals surface area contributed by atoms with Crippen LogP contribution in [-0.2, 0) is 16.1 Å². The van der Waals surface area contributed by atoms with Gasteiger partial charge in [0, 0.05) is 26.1 Å². The van der Waals surface area contributed by atoms with Crippen molar-refractivity contribution in [2.75, 3.05) is 20.2 Å². The number of ether oxygens (including phenoxy) is 1. The fourth-order valence-corrected chi connectivity index (χ4v) is 3.48. The van der Waals surface area contributed by atoms with Gasteiger partial charge in [0.25, 0.3) is 0 Å². The van der Waals surface area contributed by atoms with Gasteiger partial charge in [-0.05, 0) is 43.4 Å². The van der Waals surface area contributed by atoms with Gasteiger partial charge in [-0.25, -0.2) is 0 Å². The van der Waals surface area contributed by atoms with Crippen molar-refractivity contribution in [2.24, 2.45) is 17.6 Å². The Bertz CT molecular complexity index is 642. The lowest BCUT2D eigenvalue weighted by atomic mass is 9.94. The summed E-state index contributed by atoms with van der Waals surface area (Å²) in [5.74, 6) is 0.932. The highest BCUT2D eigenvalue weighted by molar-refractivity contribution is 5.89. The van der Waals surface area contributed by atoms with Crippen LogP contribution in [0.1, 0.15) is 31.7 Å². The number of nitrogens with two attached hydrogens (primary N) is 1. The molecule has 1 saturated heterocycles. The summed E-state index contributed by atoms with van der Waals surface area (Å²) in [6.07, 6.45) is 2.50. The molecule has 3 rings (SSSR count). The quantitative estimate of drug-likeness (QED) is 0.780. The van der Waals surface area contributed by atoms with Crippen molar-refractivity contribution in [3.8, 4) is 5.75 Å². The monoisotopic (exact) mass is 345 g/mol. The van der Waals surface area contributed by atoms with Crippen molar-refractivity contribution < 1.29 is 14.3 Å². The molecule has 0 radical (unpaired) electrons. The van der Waals surface area contributed by atoms with E-state index >= 15 is 0 Å². The first-order valence-corrected chi connectivity index (χ1v) is 8.88. The lowest BCUT2D eigenvalue weighted by Gasteiger charge is -2.30. The molecule has 6 heteroatoms. The number of hydrogen-bond donors (Lipinski definition) is 2. The third-order valence-corrected chi connectivity index (χ3v) is 5.43. The highest BCUT2D eigenvalue weighted by Crippen LogP contribution is 2.39. The molecule has 1 aromatic carbocycles. The van der Waals surface area contributed by atoms with Crippen molar-refractivity contribution >= 4 is 11.8 Å². The Balaban J connectivity index is 1.58. The predicted octanol–water partition coefficient (Wildman–Crippen LogP) is 1.29. The van der Waals surface area contributed by atoms with Crippen LogP contribution in [0.15, 0.2) is 24.3 Å². The van der Waals surface area contributed by atoms with E-state index in [0.29, 0.717) is 25.6 Å². The molecule has 1 saturated carbocycles. The van der Waals surface area contributed by atoms with Crippen LogP contribution in [0.5, 0.6) is 5.75 Å². The van der Waals surface area contributed by atoms with E-state index in [1.807, 2.05) is 31.2 Å². The Morgan fingerprint density at radius 3 is 2.60 bits per heavy atom. The molecule has 1 aliphatic carbocycles. The maximum atomic E-state index is 12.6. The Hall–Kier alpha value is -2.08. The highest BCUT2D eigenvalue weighted by Gasteiger charge is 2.44. The molecule has 1 heterocycles. The van der Waals surface area contributed by atoms with Crippen molar-refractivity contribution in [1.29, 1.82) is 0 Å². The lowest BCUT2D eigenvalue weighted by molar-refractivity contribution is -0.129. The number of nitrogens with zero attached hydrogens (tertiary/aromatic N) is 1. The maximum Gasteiger partial charge on any atom is 0.225 e. The average Bonchev–Trinajstić information content (AvgIpc) is 3.41. The largest absolute Gasteiger partial charge is 0.497 e. The standard InChI is InChI=1S/C19H27N3O3/c1-19(12-20,15-5-6-15)21-18(24)14-9-17(23)22(11-14)10-13-3-7-16(25-2)8-4-13/h3-4,7-8,14-15H,5-6,9-12,20H2,1-2H3,(H,21,24). The van der Waals surface area contributed by atoms with E-state index in [2.05, 4.69) is 5.32 Å².